The highest BCUT2D eigenvalue weighted by molar-refractivity contribution is 7.10. The molecule has 0 radical (unpaired) electrons. The van der Waals surface area contributed by atoms with E-state index >= 15 is 0 Å². The lowest BCUT2D eigenvalue weighted by Crippen LogP contribution is -2.05. The summed E-state index contributed by atoms with van der Waals surface area (Å²) < 4.78 is 5.22. The van der Waals surface area contributed by atoms with Crippen LogP contribution >= 0.6 is 22.7 Å². The smallest absolute Gasteiger partial charge is 0.331 e. The first-order chi connectivity index (χ1) is 10.8. The van der Waals surface area contributed by atoms with E-state index in [1.165, 1.54) is 54.5 Å². The largest absolute Gasteiger partial charge is 0.456 e. The molecule has 116 valence electrons. The van der Waals surface area contributed by atoms with Crippen molar-refractivity contribution in [2.75, 3.05) is 0 Å². The van der Waals surface area contributed by atoms with Crippen LogP contribution in [0.15, 0.2) is 23.0 Å². The Morgan fingerprint density at radius 2 is 2.18 bits per heavy atom. The van der Waals surface area contributed by atoms with Crippen molar-refractivity contribution < 1.29 is 9.53 Å². The van der Waals surface area contributed by atoms with Crippen molar-refractivity contribution >= 4 is 34.7 Å². The predicted octanol–water partition coefficient (Wildman–Crippen LogP) is 4.40. The molecular formula is C16H18N2O2S2. The van der Waals surface area contributed by atoms with Crippen molar-refractivity contribution in [3.05, 3.63) is 38.7 Å². The van der Waals surface area contributed by atoms with E-state index in [0.717, 1.165) is 10.7 Å². The van der Waals surface area contributed by atoms with Crippen LogP contribution in [0.25, 0.3) is 6.08 Å². The maximum absolute atomic E-state index is 11.7. The molecule has 0 unspecified atom stereocenters. The Labute approximate surface area is 137 Å². The van der Waals surface area contributed by atoms with Gasteiger partial charge in [-0.1, -0.05) is 19.3 Å². The monoisotopic (exact) mass is 334 g/mol. The molecule has 0 bridgehead atoms. The SMILES string of the molecule is O=C(/C=C/c1nccs1)OCc1csc(C2CCCCC2)n1. The summed E-state index contributed by atoms with van der Waals surface area (Å²) in [6, 6.07) is 0. The zero-order valence-corrected chi connectivity index (χ0v) is 13.9. The summed E-state index contributed by atoms with van der Waals surface area (Å²) in [7, 11) is 0. The van der Waals surface area contributed by atoms with Crippen molar-refractivity contribution in [3.63, 3.8) is 0 Å². The number of carbonyl (C=O) groups excluding carboxylic acids is 1. The number of hydrogen-bond donors (Lipinski definition) is 0. The van der Waals surface area contributed by atoms with E-state index in [-0.39, 0.29) is 12.6 Å². The van der Waals surface area contributed by atoms with Gasteiger partial charge >= 0.3 is 5.97 Å². The van der Waals surface area contributed by atoms with Crippen LogP contribution < -0.4 is 0 Å². The van der Waals surface area contributed by atoms with Gasteiger partial charge in [0.15, 0.2) is 0 Å². The number of ether oxygens (including phenoxy) is 1. The van der Waals surface area contributed by atoms with Gasteiger partial charge in [0.2, 0.25) is 0 Å². The normalized spacial score (nSPS) is 16.2. The van der Waals surface area contributed by atoms with Gasteiger partial charge < -0.3 is 4.74 Å². The molecule has 3 rings (SSSR count). The van der Waals surface area contributed by atoms with E-state index in [9.17, 15) is 4.79 Å². The van der Waals surface area contributed by atoms with Crippen LogP contribution in [0.2, 0.25) is 0 Å². The molecule has 0 aliphatic heterocycles. The van der Waals surface area contributed by atoms with Crippen molar-refractivity contribution in [1.82, 2.24) is 9.97 Å². The Hall–Kier alpha value is -1.53. The Balaban J connectivity index is 1.49. The second kappa shape index (κ2) is 7.65. The first-order valence-electron chi connectivity index (χ1n) is 7.50. The van der Waals surface area contributed by atoms with Crippen LogP contribution in [0.4, 0.5) is 0 Å². The van der Waals surface area contributed by atoms with Gasteiger partial charge in [0.1, 0.15) is 11.6 Å². The molecule has 1 aliphatic rings. The minimum Gasteiger partial charge on any atom is -0.456 e. The summed E-state index contributed by atoms with van der Waals surface area (Å²) in [4.78, 5) is 20.4. The minimum absolute atomic E-state index is 0.240. The van der Waals surface area contributed by atoms with Crippen molar-refractivity contribution in [1.29, 1.82) is 0 Å². The number of rotatable bonds is 5. The lowest BCUT2D eigenvalue weighted by atomic mass is 9.90. The summed E-state index contributed by atoms with van der Waals surface area (Å²) in [6.07, 6.45) is 11.2. The van der Waals surface area contributed by atoms with E-state index in [1.54, 1.807) is 23.6 Å². The molecule has 22 heavy (non-hydrogen) atoms. The summed E-state index contributed by atoms with van der Waals surface area (Å²) >= 11 is 3.17. The molecule has 0 amide bonds. The average molecular weight is 334 g/mol. The summed E-state index contributed by atoms with van der Waals surface area (Å²) in [5.74, 6) is 0.246. The van der Waals surface area contributed by atoms with Crippen LogP contribution in [0.5, 0.6) is 0 Å². The van der Waals surface area contributed by atoms with Crippen molar-refractivity contribution in [2.24, 2.45) is 0 Å². The first-order valence-corrected chi connectivity index (χ1v) is 9.26. The predicted molar refractivity (Wildman–Crippen MR) is 88.9 cm³/mol. The van der Waals surface area contributed by atoms with Crippen molar-refractivity contribution in [3.8, 4) is 0 Å². The van der Waals surface area contributed by atoms with Crippen LogP contribution in [-0.2, 0) is 16.1 Å². The lowest BCUT2D eigenvalue weighted by Gasteiger charge is -2.18. The molecule has 2 aromatic heterocycles. The standard InChI is InChI=1S/C16H18N2O2S2/c19-15(7-6-14-17-8-9-21-14)20-10-13-11-22-16(18-13)12-4-2-1-3-5-12/h6-9,11-12H,1-5,10H2/b7-6+. The molecule has 4 nitrogen and oxygen atoms in total. The van der Waals surface area contributed by atoms with E-state index in [0.29, 0.717) is 5.92 Å². The third kappa shape index (κ3) is 4.24. The van der Waals surface area contributed by atoms with Gasteiger partial charge in [-0.3, -0.25) is 0 Å². The fourth-order valence-electron chi connectivity index (χ4n) is 2.58. The van der Waals surface area contributed by atoms with Crippen LogP contribution in [0.1, 0.15) is 53.7 Å². The number of aromatic nitrogens is 2. The van der Waals surface area contributed by atoms with Gasteiger partial charge in [-0.15, -0.1) is 22.7 Å². The molecule has 1 aliphatic carbocycles. The third-order valence-corrected chi connectivity index (χ3v) is 5.50. The van der Waals surface area contributed by atoms with Crippen molar-refractivity contribution in [2.45, 2.75) is 44.6 Å². The Morgan fingerprint density at radius 1 is 1.32 bits per heavy atom. The third-order valence-electron chi connectivity index (χ3n) is 3.70. The van der Waals surface area contributed by atoms with Crippen LogP contribution in [0, 0.1) is 0 Å². The molecule has 0 atom stereocenters. The van der Waals surface area contributed by atoms with Gasteiger partial charge in [0.25, 0.3) is 0 Å². The molecule has 0 saturated heterocycles. The molecule has 2 heterocycles. The molecule has 2 aromatic rings. The Kier molecular flexibility index (Phi) is 5.34. The Morgan fingerprint density at radius 3 is 2.95 bits per heavy atom. The van der Waals surface area contributed by atoms with Crippen LogP contribution in [-0.4, -0.2) is 15.9 Å². The van der Waals surface area contributed by atoms with E-state index in [4.69, 9.17) is 4.74 Å². The number of nitrogens with zero attached hydrogens (tertiary/aromatic N) is 2. The van der Waals surface area contributed by atoms with Gasteiger partial charge in [-0.25, -0.2) is 14.8 Å². The average Bonchev–Trinajstić information content (AvgIpc) is 3.23. The number of esters is 1. The fraction of sp³-hybridized carbons (Fsp3) is 0.438. The summed E-state index contributed by atoms with van der Waals surface area (Å²) in [5.41, 5.74) is 0.849. The molecule has 6 heteroatoms. The lowest BCUT2D eigenvalue weighted by molar-refractivity contribution is -0.139. The zero-order valence-electron chi connectivity index (χ0n) is 12.2. The zero-order chi connectivity index (χ0) is 15.2. The number of hydrogen-bond acceptors (Lipinski definition) is 6. The number of carbonyl (C=O) groups is 1. The highest BCUT2D eigenvalue weighted by Gasteiger charge is 2.18. The molecule has 0 spiro atoms. The van der Waals surface area contributed by atoms with Gasteiger partial charge in [-0.05, 0) is 18.9 Å². The fourth-order valence-corrected chi connectivity index (χ4v) is 4.08. The van der Waals surface area contributed by atoms with Crippen LogP contribution in [0.3, 0.4) is 0 Å². The summed E-state index contributed by atoms with van der Waals surface area (Å²) in [5, 5.41) is 5.86. The molecule has 0 aromatic carbocycles. The molecule has 1 saturated carbocycles. The second-order valence-electron chi connectivity index (χ2n) is 5.32. The molecule has 0 N–H and O–H groups in total. The van der Waals surface area contributed by atoms with E-state index in [1.807, 2.05) is 10.8 Å². The minimum atomic E-state index is -0.359. The summed E-state index contributed by atoms with van der Waals surface area (Å²) in [6.45, 7) is 0.240. The first kappa shape index (κ1) is 15.4. The Bertz CT molecular complexity index is 628. The quantitative estimate of drug-likeness (QED) is 0.600. The number of thiazole rings is 2. The van der Waals surface area contributed by atoms with E-state index in [2.05, 4.69) is 9.97 Å². The van der Waals surface area contributed by atoms with E-state index < -0.39 is 0 Å². The maximum atomic E-state index is 11.7. The molecule has 1 fully saturated rings. The highest BCUT2D eigenvalue weighted by atomic mass is 32.1. The van der Waals surface area contributed by atoms with Gasteiger partial charge in [0.05, 0.1) is 10.7 Å². The topological polar surface area (TPSA) is 52.1 Å². The highest BCUT2D eigenvalue weighted by Crippen LogP contribution is 2.34. The van der Waals surface area contributed by atoms with Gasteiger partial charge in [0, 0.05) is 29.0 Å². The molecular weight excluding hydrogens is 316 g/mol. The maximum Gasteiger partial charge on any atom is 0.331 e. The van der Waals surface area contributed by atoms with Gasteiger partial charge in [-0.2, -0.15) is 0 Å². The second-order valence-corrected chi connectivity index (χ2v) is 7.14.